The second-order valence-electron chi connectivity index (χ2n) is 6.65. The lowest BCUT2D eigenvalue weighted by Crippen LogP contribution is -2.29. The number of aromatic nitrogens is 3. The molecule has 0 spiro atoms. The largest absolute Gasteiger partial charge is 0.460 e. The molecule has 9 nitrogen and oxygen atoms in total. The maximum Gasteiger partial charge on any atom is 0.306 e. The van der Waals surface area contributed by atoms with Crippen molar-refractivity contribution in [3.05, 3.63) is 5.69 Å². The van der Waals surface area contributed by atoms with Crippen LogP contribution in [0.4, 0.5) is 5.82 Å². The van der Waals surface area contributed by atoms with Crippen molar-refractivity contribution >= 4 is 23.6 Å². The predicted molar refractivity (Wildman–Crippen MR) is 85.2 cm³/mol. The van der Waals surface area contributed by atoms with Crippen LogP contribution in [0.5, 0.6) is 0 Å². The second kappa shape index (κ2) is 7.41. The van der Waals surface area contributed by atoms with Crippen LogP contribution in [0.15, 0.2) is 0 Å². The Bertz CT molecular complexity index is 614. The Morgan fingerprint density at radius 2 is 1.83 bits per heavy atom. The number of H-pyrrole nitrogens is 1. The van der Waals surface area contributed by atoms with Gasteiger partial charge in [-0.25, -0.2) is 0 Å². The van der Waals surface area contributed by atoms with Gasteiger partial charge >= 0.3 is 5.97 Å². The van der Waals surface area contributed by atoms with Crippen LogP contribution in [0.1, 0.15) is 56.9 Å². The van der Waals surface area contributed by atoms with Crippen LogP contribution in [0.25, 0.3) is 0 Å². The molecule has 0 bridgehead atoms. The summed E-state index contributed by atoms with van der Waals surface area (Å²) in [5.41, 5.74) is -0.503. The van der Waals surface area contributed by atoms with Gasteiger partial charge in [0.25, 0.3) is 5.91 Å². The van der Waals surface area contributed by atoms with E-state index in [4.69, 9.17) is 4.74 Å². The summed E-state index contributed by atoms with van der Waals surface area (Å²) in [6.07, 6.45) is 1.82. The van der Waals surface area contributed by atoms with Gasteiger partial charge in [-0.3, -0.25) is 14.4 Å². The molecular weight excluding hydrogens is 314 g/mol. The average Bonchev–Trinajstić information content (AvgIpc) is 3.14. The van der Waals surface area contributed by atoms with Crippen molar-refractivity contribution in [3.63, 3.8) is 0 Å². The molecule has 2 heterocycles. The molecule has 1 aliphatic rings. The summed E-state index contributed by atoms with van der Waals surface area (Å²) >= 11 is 0. The number of anilines is 1. The highest BCUT2D eigenvalue weighted by molar-refractivity contribution is 6.01. The van der Waals surface area contributed by atoms with E-state index in [1.54, 1.807) is 25.7 Å². The minimum Gasteiger partial charge on any atom is -0.460 e. The summed E-state index contributed by atoms with van der Waals surface area (Å²) in [6.45, 7) is 6.64. The molecule has 2 rings (SSSR count). The first-order valence-electron chi connectivity index (χ1n) is 7.98. The van der Waals surface area contributed by atoms with Gasteiger partial charge in [-0.05, 0) is 33.6 Å². The van der Waals surface area contributed by atoms with E-state index in [9.17, 15) is 14.4 Å². The lowest BCUT2D eigenvalue weighted by atomic mass is 10.2. The van der Waals surface area contributed by atoms with Gasteiger partial charge in [-0.15, -0.1) is 10.2 Å². The first kappa shape index (κ1) is 17.9. The van der Waals surface area contributed by atoms with Crippen molar-refractivity contribution < 1.29 is 19.1 Å². The SMILES string of the molecule is CC(C)(C)OC(=O)CCC(=O)Nc1n[nH]nc1C(=O)N1CCCC1. The second-order valence-corrected chi connectivity index (χ2v) is 6.65. The Morgan fingerprint density at radius 1 is 1.17 bits per heavy atom. The number of esters is 1. The molecule has 0 aliphatic carbocycles. The summed E-state index contributed by atoms with van der Waals surface area (Å²) < 4.78 is 5.14. The van der Waals surface area contributed by atoms with E-state index >= 15 is 0 Å². The number of carbonyl (C=O) groups is 3. The van der Waals surface area contributed by atoms with Gasteiger partial charge < -0.3 is 15.0 Å². The number of aromatic amines is 1. The number of hydrogen-bond donors (Lipinski definition) is 2. The number of hydrogen-bond acceptors (Lipinski definition) is 6. The molecule has 1 aliphatic heterocycles. The lowest BCUT2D eigenvalue weighted by Gasteiger charge is -2.19. The highest BCUT2D eigenvalue weighted by atomic mass is 16.6. The molecule has 2 N–H and O–H groups in total. The van der Waals surface area contributed by atoms with Gasteiger partial charge in [0.1, 0.15) is 5.60 Å². The van der Waals surface area contributed by atoms with E-state index in [2.05, 4.69) is 20.7 Å². The zero-order valence-corrected chi connectivity index (χ0v) is 14.2. The molecule has 2 amide bonds. The zero-order valence-electron chi connectivity index (χ0n) is 14.2. The van der Waals surface area contributed by atoms with Crippen molar-refractivity contribution in [2.24, 2.45) is 0 Å². The Morgan fingerprint density at radius 3 is 2.46 bits per heavy atom. The first-order valence-corrected chi connectivity index (χ1v) is 7.98. The van der Waals surface area contributed by atoms with Gasteiger partial charge in [0.2, 0.25) is 5.91 Å². The van der Waals surface area contributed by atoms with Crippen LogP contribution in [0.2, 0.25) is 0 Å². The zero-order chi connectivity index (χ0) is 17.7. The molecule has 132 valence electrons. The summed E-state index contributed by atoms with van der Waals surface area (Å²) in [6, 6.07) is 0. The van der Waals surface area contributed by atoms with E-state index in [0.717, 1.165) is 12.8 Å². The summed E-state index contributed by atoms with van der Waals surface area (Å²) in [5.74, 6) is -1.05. The molecule has 0 saturated carbocycles. The third kappa shape index (κ3) is 5.04. The average molecular weight is 337 g/mol. The number of nitrogens with zero attached hydrogens (tertiary/aromatic N) is 3. The minimum absolute atomic E-state index is 0.0453. The van der Waals surface area contributed by atoms with Crippen LogP contribution in [-0.2, 0) is 14.3 Å². The van der Waals surface area contributed by atoms with Crippen molar-refractivity contribution in [1.82, 2.24) is 20.3 Å². The quantitative estimate of drug-likeness (QED) is 0.777. The highest BCUT2D eigenvalue weighted by Gasteiger charge is 2.26. The van der Waals surface area contributed by atoms with E-state index in [1.165, 1.54) is 0 Å². The van der Waals surface area contributed by atoms with E-state index in [-0.39, 0.29) is 30.3 Å². The Kier molecular flexibility index (Phi) is 5.53. The number of likely N-dealkylation sites (tertiary alicyclic amines) is 1. The highest BCUT2D eigenvalue weighted by Crippen LogP contribution is 2.16. The summed E-state index contributed by atoms with van der Waals surface area (Å²) in [5, 5.41) is 12.5. The third-order valence-corrected chi connectivity index (χ3v) is 3.38. The van der Waals surface area contributed by atoms with Gasteiger partial charge in [0.05, 0.1) is 6.42 Å². The number of ether oxygens (including phenoxy) is 1. The first-order chi connectivity index (χ1) is 11.3. The van der Waals surface area contributed by atoms with Gasteiger partial charge in [0.15, 0.2) is 11.5 Å². The maximum atomic E-state index is 12.3. The molecule has 9 heteroatoms. The van der Waals surface area contributed by atoms with E-state index in [0.29, 0.717) is 13.1 Å². The normalized spacial score (nSPS) is 14.5. The molecule has 0 aromatic carbocycles. The molecule has 1 fully saturated rings. The van der Waals surface area contributed by atoms with Crippen molar-refractivity contribution in [2.45, 2.75) is 52.1 Å². The van der Waals surface area contributed by atoms with Crippen LogP contribution >= 0.6 is 0 Å². The smallest absolute Gasteiger partial charge is 0.306 e. The molecule has 0 unspecified atom stereocenters. The lowest BCUT2D eigenvalue weighted by molar-refractivity contribution is -0.155. The fourth-order valence-corrected chi connectivity index (χ4v) is 2.34. The van der Waals surface area contributed by atoms with Crippen molar-refractivity contribution in [1.29, 1.82) is 0 Å². The number of carbonyl (C=O) groups excluding carboxylic acids is 3. The Hall–Kier alpha value is -2.45. The number of rotatable bonds is 5. The third-order valence-electron chi connectivity index (χ3n) is 3.38. The molecular formula is C15H23N5O4. The van der Waals surface area contributed by atoms with Crippen LogP contribution in [-0.4, -0.2) is 56.8 Å². The fraction of sp³-hybridized carbons (Fsp3) is 0.667. The van der Waals surface area contributed by atoms with Crippen molar-refractivity contribution in [3.8, 4) is 0 Å². The van der Waals surface area contributed by atoms with Gasteiger partial charge in [-0.2, -0.15) is 5.21 Å². The number of nitrogens with one attached hydrogen (secondary N) is 2. The Labute approximate surface area is 140 Å². The van der Waals surface area contributed by atoms with Gasteiger partial charge in [0, 0.05) is 19.5 Å². The minimum atomic E-state index is -0.588. The monoisotopic (exact) mass is 337 g/mol. The maximum absolute atomic E-state index is 12.3. The topological polar surface area (TPSA) is 117 Å². The van der Waals surface area contributed by atoms with E-state index in [1.807, 2.05) is 0 Å². The molecule has 0 radical (unpaired) electrons. The molecule has 1 aromatic rings. The fourth-order valence-electron chi connectivity index (χ4n) is 2.34. The van der Waals surface area contributed by atoms with E-state index < -0.39 is 17.5 Å². The van der Waals surface area contributed by atoms with Crippen molar-refractivity contribution in [2.75, 3.05) is 18.4 Å². The van der Waals surface area contributed by atoms with Crippen LogP contribution in [0.3, 0.4) is 0 Å². The molecule has 0 atom stereocenters. The standard InChI is InChI=1S/C15H23N5O4/c1-15(2,3)24-11(22)7-6-10(21)16-13-12(17-19-18-13)14(23)20-8-4-5-9-20/h4-9H2,1-3H3,(H2,16,17,18,19,21). The number of amides is 2. The van der Waals surface area contributed by atoms with Crippen LogP contribution in [0, 0.1) is 0 Å². The molecule has 1 aromatic heterocycles. The predicted octanol–water partition coefficient (Wildman–Crippen LogP) is 1.10. The Balaban J connectivity index is 1.87. The molecule has 1 saturated heterocycles. The van der Waals surface area contributed by atoms with Gasteiger partial charge in [-0.1, -0.05) is 0 Å². The van der Waals surface area contributed by atoms with Crippen LogP contribution < -0.4 is 5.32 Å². The summed E-state index contributed by atoms with van der Waals surface area (Å²) in [7, 11) is 0. The molecule has 24 heavy (non-hydrogen) atoms. The summed E-state index contributed by atoms with van der Waals surface area (Å²) in [4.78, 5) is 37.6.